The zero-order valence-electron chi connectivity index (χ0n) is 18.9. The van der Waals surface area contributed by atoms with Crippen LogP contribution < -0.4 is 24.4 Å². The maximum atomic E-state index is 11.7. The van der Waals surface area contributed by atoms with Crippen molar-refractivity contribution in [3.05, 3.63) is 76.3 Å². The van der Waals surface area contributed by atoms with Crippen molar-refractivity contribution >= 4 is 37.4 Å². The summed E-state index contributed by atoms with van der Waals surface area (Å²) in [6.07, 6.45) is 0.588. The smallest absolute Gasteiger partial charge is 0.238 e. The number of ether oxygens (including phenoxy) is 3. The quantitative estimate of drug-likeness (QED) is 0.469. The van der Waals surface area contributed by atoms with Gasteiger partial charge in [-0.15, -0.1) is 0 Å². The number of hydrogen-bond acceptors (Lipinski definition) is 7. The summed E-state index contributed by atoms with van der Waals surface area (Å²) < 4.78 is 41.2. The Morgan fingerprint density at radius 3 is 2.12 bits per heavy atom. The van der Waals surface area contributed by atoms with Crippen LogP contribution in [0.15, 0.2) is 75.1 Å². The monoisotopic (exact) mass is 545 g/mol. The van der Waals surface area contributed by atoms with Crippen LogP contribution in [0.3, 0.4) is 0 Å². The lowest BCUT2D eigenvalue weighted by atomic mass is 9.97. The molecule has 1 aliphatic heterocycles. The lowest BCUT2D eigenvalue weighted by molar-refractivity contribution is 0.321. The van der Waals surface area contributed by atoms with E-state index in [1.54, 1.807) is 33.5 Å². The average Bonchev–Trinajstić information content (AvgIpc) is 3.28. The maximum absolute atomic E-state index is 11.7. The Labute approximate surface area is 207 Å². The van der Waals surface area contributed by atoms with Gasteiger partial charge < -0.3 is 14.2 Å². The number of halogens is 1. The largest absolute Gasteiger partial charge is 0.493 e. The standard InChI is InChI=1S/C24H24BrN3O5S/c1-31-22-13-12-19(23(32-2)24(22)33-3)21-14-20(15-4-6-16(25)7-5-15)27-28(21)17-8-10-18(11-9-17)34(26,29)30/h4-13,21H,14H2,1-3H3,(H2,26,29,30). The Balaban J connectivity index is 1.83. The van der Waals surface area contributed by atoms with Crippen molar-refractivity contribution < 1.29 is 22.6 Å². The molecular formula is C24H24BrN3O5S. The summed E-state index contributed by atoms with van der Waals surface area (Å²) in [4.78, 5) is 0.0350. The van der Waals surface area contributed by atoms with Crippen molar-refractivity contribution in [3.8, 4) is 17.2 Å². The first-order valence-electron chi connectivity index (χ1n) is 10.3. The van der Waals surface area contributed by atoms with Crippen molar-refractivity contribution in [2.45, 2.75) is 17.4 Å². The first-order valence-corrected chi connectivity index (χ1v) is 12.6. The highest BCUT2D eigenvalue weighted by molar-refractivity contribution is 9.10. The predicted molar refractivity (Wildman–Crippen MR) is 134 cm³/mol. The van der Waals surface area contributed by atoms with Gasteiger partial charge in [0, 0.05) is 16.5 Å². The van der Waals surface area contributed by atoms with Crippen LogP contribution in [0, 0.1) is 0 Å². The molecule has 1 heterocycles. The molecule has 0 saturated carbocycles. The lowest BCUT2D eigenvalue weighted by Gasteiger charge is -2.26. The second kappa shape index (κ2) is 9.65. The molecular weight excluding hydrogens is 522 g/mol. The molecule has 2 N–H and O–H groups in total. The van der Waals surface area contributed by atoms with Crippen molar-refractivity contribution in [2.75, 3.05) is 26.3 Å². The van der Waals surface area contributed by atoms with Gasteiger partial charge in [-0.25, -0.2) is 13.6 Å². The van der Waals surface area contributed by atoms with Crippen molar-refractivity contribution in [2.24, 2.45) is 10.2 Å². The van der Waals surface area contributed by atoms with E-state index in [2.05, 4.69) is 15.9 Å². The summed E-state index contributed by atoms with van der Waals surface area (Å²) in [5.74, 6) is 1.59. The third-order valence-corrected chi connectivity index (χ3v) is 7.07. The number of anilines is 1. The third-order valence-electron chi connectivity index (χ3n) is 5.61. The molecule has 3 aromatic rings. The highest BCUT2D eigenvalue weighted by Gasteiger charge is 2.34. The number of hydrazone groups is 1. The molecule has 1 aliphatic rings. The molecule has 178 valence electrons. The van der Waals surface area contributed by atoms with Crippen LogP contribution in [-0.2, 0) is 10.0 Å². The van der Waals surface area contributed by atoms with E-state index in [-0.39, 0.29) is 10.9 Å². The van der Waals surface area contributed by atoms with Gasteiger partial charge >= 0.3 is 0 Å². The van der Waals surface area contributed by atoms with Gasteiger partial charge in [-0.1, -0.05) is 28.1 Å². The van der Waals surface area contributed by atoms with Gasteiger partial charge in [0.1, 0.15) is 0 Å². The topological polar surface area (TPSA) is 103 Å². The molecule has 4 rings (SSSR count). The van der Waals surface area contributed by atoms with Crippen LogP contribution in [0.2, 0.25) is 0 Å². The SMILES string of the molecule is COc1ccc(C2CC(c3ccc(Br)cc3)=NN2c2ccc(S(N)(=O)=O)cc2)c(OC)c1OC. The number of sulfonamides is 1. The molecule has 10 heteroatoms. The van der Waals surface area contributed by atoms with Crippen molar-refractivity contribution in [3.63, 3.8) is 0 Å². The van der Waals surface area contributed by atoms with Gasteiger partial charge in [0.05, 0.1) is 43.7 Å². The van der Waals surface area contributed by atoms with Crippen LogP contribution in [0.4, 0.5) is 5.69 Å². The fourth-order valence-electron chi connectivity index (χ4n) is 3.98. The van der Waals surface area contributed by atoms with Gasteiger partial charge in [-0.05, 0) is 54.1 Å². The van der Waals surface area contributed by atoms with E-state index in [0.717, 1.165) is 21.3 Å². The van der Waals surface area contributed by atoms with Gasteiger partial charge in [-0.3, -0.25) is 5.01 Å². The molecule has 0 aromatic heterocycles. The Kier molecular flexibility index (Phi) is 6.83. The second-order valence-corrected chi connectivity index (χ2v) is 10.1. The molecule has 1 unspecified atom stereocenters. The van der Waals surface area contributed by atoms with E-state index < -0.39 is 10.0 Å². The summed E-state index contributed by atoms with van der Waals surface area (Å²) >= 11 is 3.47. The summed E-state index contributed by atoms with van der Waals surface area (Å²) in [6, 6.07) is 17.8. The van der Waals surface area contributed by atoms with Crippen LogP contribution in [0.5, 0.6) is 17.2 Å². The van der Waals surface area contributed by atoms with Gasteiger partial charge in [0.2, 0.25) is 15.8 Å². The highest BCUT2D eigenvalue weighted by atomic mass is 79.9. The molecule has 3 aromatic carbocycles. The minimum absolute atomic E-state index is 0.0350. The second-order valence-electron chi connectivity index (χ2n) is 7.58. The molecule has 0 spiro atoms. The molecule has 0 amide bonds. The fraction of sp³-hybridized carbons (Fsp3) is 0.208. The minimum atomic E-state index is -3.80. The van der Waals surface area contributed by atoms with Crippen LogP contribution in [0.25, 0.3) is 0 Å². The lowest BCUT2D eigenvalue weighted by Crippen LogP contribution is -2.20. The van der Waals surface area contributed by atoms with Gasteiger partial charge in [0.15, 0.2) is 11.5 Å². The number of rotatable bonds is 7. The van der Waals surface area contributed by atoms with E-state index in [1.807, 2.05) is 41.4 Å². The van der Waals surface area contributed by atoms with Gasteiger partial charge in [0.25, 0.3) is 0 Å². The van der Waals surface area contributed by atoms with Crippen molar-refractivity contribution in [1.29, 1.82) is 0 Å². The van der Waals surface area contributed by atoms with Crippen LogP contribution in [0.1, 0.15) is 23.6 Å². The molecule has 0 saturated heterocycles. The van der Waals surface area contributed by atoms with E-state index in [1.165, 1.54) is 12.1 Å². The minimum Gasteiger partial charge on any atom is -0.493 e. The average molecular weight is 546 g/mol. The molecule has 8 nitrogen and oxygen atoms in total. The zero-order chi connectivity index (χ0) is 24.5. The Hall–Kier alpha value is -3.08. The number of nitrogens with zero attached hydrogens (tertiary/aromatic N) is 2. The molecule has 1 atom stereocenters. The van der Waals surface area contributed by atoms with Crippen molar-refractivity contribution in [1.82, 2.24) is 0 Å². The normalized spacial score (nSPS) is 15.7. The fourth-order valence-corrected chi connectivity index (χ4v) is 4.76. The Morgan fingerprint density at radius 2 is 1.56 bits per heavy atom. The summed E-state index contributed by atoms with van der Waals surface area (Å²) in [6.45, 7) is 0. The van der Waals surface area contributed by atoms with E-state index in [0.29, 0.717) is 29.4 Å². The Bertz CT molecular complexity index is 1330. The molecule has 0 fully saturated rings. The first kappa shape index (κ1) is 24.1. The highest BCUT2D eigenvalue weighted by Crippen LogP contribution is 2.47. The Morgan fingerprint density at radius 1 is 0.912 bits per heavy atom. The number of primary sulfonamides is 1. The van der Waals surface area contributed by atoms with Crippen LogP contribution in [-0.4, -0.2) is 35.5 Å². The van der Waals surface area contributed by atoms with E-state index in [4.69, 9.17) is 24.5 Å². The molecule has 0 bridgehead atoms. The van der Waals surface area contributed by atoms with Crippen LogP contribution >= 0.6 is 15.9 Å². The van der Waals surface area contributed by atoms with E-state index >= 15 is 0 Å². The van der Waals surface area contributed by atoms with E-state index in [9.17, 15) is 8.42 Å². The third kappa shape index (κ3) is 4.61. The summed E-state index contributed by atoms with van der Waals surface area (Å²) in [5, 5.41) is 12.0. The maximum Gasteiger partial charge on any atom is 0.238 e. The summed E-state index contributed by atoms with van der Waals surface area (Å²) in [7, 11) is 0.910. The first-order chi connectivity index (χ1) is 16.3. The molecule has 0 aliphatic carbocycles. The van der Waals surface area contributed by atoms with Gasteiger partial charge in [-0.2, -0.15) is 5.10 Å². The predicted octanol–water partition coefficient (Wildman–Crippen LogP) is 4.48. The number of hydrogen-bond donors (Lipinski definition) is 1. The number of nitrogens with two attached hydrogens (primary N) is 1. The number of benzene rings is 3. The molecule has 34 heavy (non-hydrogen) atoms. The number of methoxy groups -OCH3 is 3. The zero-order valence-corrected chi connectivity index (χ0v) is 21.3. The molecule has 0 radical (unpaired) electrons. The summed E-state index contributed by atoms with van der Waals surface area (Å²) in [5.41, 5.74) is 3.43.